The first-order chi connectivity index (χ1) is 14.5. The van der Waals surface area contributed by atoms with E-state index in [0.29, 0.717) is 25.1 Å². The van der Waals surface area contributed by atoms with Gasteiger partial charge in [-0.1, -0.05) is 24.3 Å². The van der Waals surface area contributed by atoms with Crippen LogP contribution in [0.3, 0.4) is 0 Å². The molecule has 0 saturated heterocycles. The van der Waals surface area contributed by atoms with Crippen LogP contribution in [0.5, 0.6) is 0 Å². The lowest BCUT2D eigenvalue weighted by atomic mass is 10.1. The van der Waals surface area contributed by atoms with Crippen molar-refractivity contribution in [2.24, 2.45) is 0 Å². The predicted octanol–water partition coefficient (Wildman–Crippen LogP) is 3.46. The Balaban J connectivity index is 1.47. The summed E-state index contributed by atoms with van der Waals surface area (Å²) in [6.45, 7) is 4.06. The topological polar surface area (TPSA) is 81.3 Å². The Morgan fingerprint density at radius 3 is 2.57 bits per heavy atom. The molecule has 7 heteroatoms. The van der Waals surface area contributed by atoms with E-state index in [1.54, 1.807) is 21.4 Å². The molecule has 2 aromatic heterocycles. The zero-order valence-corrected chi connectivity index (χ0v) is 17.0. The summed E-state index contributed by atoms with van der Waals surface area (Å²) >= 11 is 0. The van der Waals surface area contributed by atoms with E-state index in [9.17, 15) is 9.59 Å². The van der Waals surface area contributed by atoms with Crippen molar-refractivity contribution in [1.82, 2.24) is 19.2 Å². The molecular weight excluding hydrogens is 378 g/mol. The van der Waals surface area contributed by atoms with Crippen LogP contribution in [0.1, 0.15) is 29.8 Å². The number of aryl methyl sites for hydroxylation is 3. The fraction of sp³-hybridized carbons (Fsp3) is 0.217. The lowest BCUT2D eigenvalue weighted by Crippen LogP contribution is -2.20. The molecule has 4 aromatic rings. The minimum atomic E-state index is -0.221. The molecular formula is C23H23N5O2. The van der Waals surface area contributed by atoms with Crippen molar-refractivity contribution in [2.45, 2.75) is 33.1 Å². The first-order valence-corrected chi connectivity index (χ1v) is 9.91. The summed E-state index contributed by atoms with van der Waals surface area (Å²) in [6.07, 6.45) is 5.05. The molecule has 4 rings (SSSR count). The Kier molecular flexibility index (Phi) is 5.43. The Morgan fingerprint density at radius 1 is 1.00 bits per heavy atom. The average Bonchev–Trinajstić information content (AvgIpc) is 3.15. The highest BCUT2D eigenvalue weighted by Gasteiger charge is 2.12. The number of anilines is 1. The van der Waals surface area contributed by atoms with Crippen LogP contribution >= 0.6 is 0 Å². The number of nitrogens with one attached hydrogen (secondary N) is 1. The lowest BCUT2D eigenvalue weighted by molar-refractivity contribution is -0.116. The van der Waals surface area contributed by atoms with E-state index in [1.165, 1.54) is 5.56 Å². The molecule has 0 unspecified atom stereocenters. The fourth-order valence-electron chi connectivity index (χ4n) is 3.34. The van der Waals surface area contributed by atoms with Crippen molar-refractivity contribution in [3.63, 3.8) is 0 Å². The number of benzene rings is 2. The number of hydrogen-bond acceptors (Lipinski definition) is 4. The standard InChI is InChI=1S/C23H23N5O2/c1-16-11-12-19(15-17(16)2)27-13-14-28-20(25-26-22(28)23(27)30)9-6-10-21(29)24-18-7-4-3-5-8-18/h3-5,7-8,11-15H,6,9-10H2,1-2H3,(H,24,29). The molecule has 0 aliphatic carbocycles. The number of hydrogen-bond donors (Lipinski definition) is 1. The summed E-state index contributed by atoms with van der Waals surface area (Å²) in [4.78, 5) is 25.0. The van der Waals surface area contributed by atoms with Crippen LogP contribution in [-0.2, 0) is 11.2 Å². The minimum absolute atomic E-state index is 0.0490. The first kappa shape index (κ1) is 19.6. The quantitative estimate of drug-likeness (QED) is 0.536. The number of fused-ring (bicyclic) bond motifs is 1. The SMILES string of the molecule is Cc1ccc(-n2ccn3c(CCCC(=O)Nc4ccccc4)nnc3c2=O)cc1C. The normalized spacial score (nSPS) is 11.0. The molecule has 0 spiro atoms. The van der Waals surface area contributed by atoms with E-state index in [-0.39, 0.29) is 17.1 Å². The van der Waals surface area contributed by atoms with E-state index in [4.69, 9.17) is 0 Å². The number of carbonyl (C=O) groups excluding carboxylic acids is 1. The van der Waals surface area contributed by atoms with Crippen LogP contribution in [-0.4, -0.2) is 25.1 Å². The molecule has 0 radical (unpaired) electrons. The molecule has 0 aliphatic heterocycles. The summed E-state index contributed by atoms with van der Waals surface area (Å²) in [5.74, 6) is 0.619. The maximum atomic E-state index is 12.9. The second kappa shape index (κ2) is 8.32. The number of aromatic nitrogens is 4. The monoisotopic (exact) mass is 401 g/mol. The zero-order valence-electron chi connectivity index (χ0n) is 17.0. The van der Waals surface area contributed by atoms with Gasteiger partial charge in [0.1, 0.15) is 5.82 Å². The van der Waals surface area contributed by atoms with Crippen molar-refractivity contribution >= 4 is 17.2 Å². The second-order valence-corrected chi connectivity index (χ2v) is 7.32. The number of amides is 1. The molecule has 0 saturated carbocycles. The zero-order chi connectivity index (χ0) is 21.1. The summed E-state index contributed by atoms with van der Waals surface area (Å²) in [5.41, 5.74) is 3.93. The number of rotatable bonds is 6. The Bertz CT molecular complexity index is 1260. The van der Waals surface area contributed by atoms with Crippen LogP contribution in [0.15, 0.2) is 65.7 Å². The third kappa shape index (κ3) is 4.00. The predicted molar refractivity (Wildman–Crippen MR) is 116 cm³/mol. The van der Waals surface area contributed by atoms with Crippen molar-refractivity contribution in [1.29, 1.82) is 0 Å². The largest absolute Gasteiger partial charge is 0.326 e. The van der Waals surface area contributed by atoms with Crippen LogP contribution < -0.4 is 10.9 Å². The van der Waals surface area contributed by atoms with Crippen LogP contribution in [0.25, 0.3) is 11.3 Å². The molecule has 152 valence electrons. The molecule has 0 bridgehead atoms. The average molecular weight is 401 g/mol. The molecule has 2 heterocycles. The van der Waals surface area contributed by atoms with Gasteiger partial charge >= 0.3 is 5.56 Å². The number of nitrogens with zero attached hydrogens (tertiary/aromatic N) is 4. The van der Waals surface area contributed by atoms with Crippen LogP contribution in [0.4, 0.5) is 5.69 Å². The van der Waals surface area contributed by atoms with Crippen molar-refractivity contribution in [3.05, 3.63) is 88.2 Å². The van der Waals surface area contributed by atoms with Crippen molar-refractivity contribution in [3.8, 4) is 5.69 Å². The molecule has 1 N–H and O–H groups in total. The fourth-order valence-corrected chi connectivity index (χ4v) is 3.34. The molecule has 1 amide bonds. The summed E-state index contributed by atoms with van der Waals surface area (Å²) in [5, 5.41) is 11.1. The van der Waals surface area contributed by atoms with Crippen molar-refractivity contribution in [2.75, 3.05) is 5.32 Å². The highest BCUT2D eigenvalue weighted by Crippen LogP contribution is 2.13. The van der Waals surface area contributed by atoms with Gasteiger partial charge in [-0.25, -0.2) is 0 Å². The molecule has 0 aliphatic rings. The van der Waals surface area contributed by atoms with Gasteiger partial charge in [-0.15, -0.1) is 10.2 Å². The minimum Gasteiger partial charge on any atom is -0.326 e. The number of para-hydroxylation sites is 1. The van der Waals surface area contributed by atoms with E-state index in [1.807, 2.05) is 62.4 Å². The Morgan fingerprint density at radius 2 is 1.80 bits per heavy atom. The van der Waals surface area contributed by atoms with Gasteiger partial charge < -0.3 is 5.32 Å². The molecule has 2 aromatic carbocycles. The maximum absolute atomic E-state index is 12.9. The smallest absolute Gasteiger partial charge is 0.300 e. The Hall–Kier alpha value is -3.74. The molecule has 7 nitrogen and oxygen atoms in total. The van der Waals surface area contributed by atoms with Gasteiger partial charge in [0.05, 0.1) is 0 Å². The molecule has 0 fully saturated rings. The second-order valence-electron chi connectivity index (χ2n) is 7.32. The van der Waals surface area contributed by atoms with Crippen molar-refractivity contribution < 1.29 is 4.79 Å². The van der Waals surface area contributed by atoms with E-state index < -0.39 is 0 Å². The molecule has 0 atom stereocenters. The summed E-state index contributed by atoms with van der Waals surface area (Å²) in [7, 11) is 0. The Labute approximate surface area is 174 Å². The van der Waals surface area contributed by atoms with E-state index in [2.05, 4.69) is 15.5 Å². The van der Waals surface area contributed by atoms with Gasteiger partial charge in [0.15, 0.2) is 0 Å². The number of carbonyl (C=O) groups is 1. The van der Waals surface area contributed by atoms with Gasteiger partial charge in [-0.2, -0.15) is 0 Å². The third-order valence-electron chi connectivity index (χ3n) is 5.17. The van der Waals surface area contributed by atoms with Gasteiger partial charge in [0.2, 0.25) is 11.6 Å². The lowest BCUT2D eigenvalue weighted by Gasteiger charge is -2.09. The van der Waals surface area contributed by atoms with Crippen LogP contribution in [0.2, 0.25) is 0 Å². The first-order valence-electron chi connectivity index (χ1n) is 9.91. The third-order valence-corrected chi connectivity index (χ3v) is 5.17. The summed E-state index contributed by atoms with van der Waals surface area (Å²) in [6, 6.07) is 15.3. The van der Waals surface area contributed by atoms with Gasteiger partial charge in [0, 0.05) is 36.6 Å². The van der Waals surface area contributed by atoms with Gasteiger partial charge in [-0.05, 0) is 55.7 Å². The van der Waals surface area contributed by atoms with Crippen LogP contribution in [0, 0.1) is 13.8 Å². The van der Waals surface area contributed by atoms with E-state index >= 15 is 0 Å². The maximum Gasteiger partial charge on any atom is 0.300 e. The molecule has 30 heavy (non-hydrogen) atoms. The van der Waals surface area contributed by atoms with E-state index in [0.717, 1.165) is 16.9 Å². The summed E-state index contributed by atoms with van der Waals surface area (Å²) < 4.78 is 3.28. The highest BCUT2D eigenvalue weighted by atomic mass is 16.1. The van der Waals surface area contributed by atoms with Gasteiger partial charge in [-0.3, -0.25) is 18.6 Å². The highest BCUT2D eigenvalue weighted by molar-refractivity contribution is 5.90. The van der Waals surface area contributed by atoms with Gasteiger partial charge in [0.25, 0.3) is 0 Å².